The molecule has 3 aromatic heterocycles. The van der Waals surface area contributed by atoms with Crippen LogP contribution in [-0.2, 0) is 11.3 Å². The molecule has 0 amide bonds. The standard InChI is InChI=1S/C17H10N2O5S2/c20-17(16-7-10-6-12(19(21)22)3-4-14(10)26-16)23-9-11-8-13(24-18-11)15-2-1-5-25-15/h1-8H,9H2. The van der Waals surface area contributed by atoms with Crippen molar-refractivity contribution in [2.24, 2.45) is 0 Å². The molecule has 0 bridgehead atoms. The minimum Gasteiger partial charge on any atom is -0.455 e. The fourth-order valence-electron chi connectivity index (χ4n) is 2.37. The average molecular weight is 386 g/mol. The minimum absolute atomic E-state index is 0.0118. The number of nitro benzene ring substituents is 1. The van der Waals surface area contributed by atoms with Crippen LogP contribution >= 0.6 is 22.7 Å². The van der Waals surface area contributed by atoms with Crippen molar-refractivity contribution in [2.45, 2.75) is 6.61 Å². The molecule has 0 atom stereocenters. The third-order valence-electron chi connectivity index (χ3n) is 3.59. The highest BCUT2D eigenvalue weighted by Crippen LogP contribution is 2.30. The Morgan fingerprint density at radius 1 is 1.27 bits per heavy atom. The number of esters is 1. The van der Waals surface area contributed by atoms with E-state index < -0.39 is 10.9 Å². The average Bonchev–Trinajstić information content (AvgIpc) is 3.38. The normalized spacial score (nSPS) is 10.9. The number of non-ortho nitro benzene ring substituents is 1. The van der Waals surface area contributed by atoms with Crippen LogP contribution in [0.4, 0.5) is 5.69 Å². The van der Waals surface area contributed by atoms with Crippen molar-refractivity contribution < 1.29 is 19.0 Å². The Balaban J connectivity index is 1.46. The molecule has 0 aliphatic heterocycles. The van der Waals surface area contributed by atoms with Gasteiger partial charge in [-0.05, 0) is 23.6 Å². The second-order valence-electron chi connectivity index (χ2n) is 5.33. The highest BCUT2D eigenvalue weighted by atomic mass is 32.1. The molecule has 0 aliphatic carbocycles. The Hall–Kier alpha value is -3.04. The van der Waals surface area contributed by atoms with Gasteiger partial charge in [-0.15, -0.1) is 22.7 Å². The molecule has 4 aromatic rings. The third kappa shape index (κ3) is 3.22. The van der Waals surface area contributed by atoms with Gasteiger partial charge in [-0.3, -0.25) is 10.1 Å². The van der Waals surface area contributed by atoms with Crippen LogP contribution in [0.15, 0.2) is 52.4 Å². The number of hydrogen-bond donors (Lipinski definition) is 0. The fraction of sp³-hybridized carbons (Fsp3) is 0.0588. The molecule has 0 saturated carbocycles. The summed E-state index contributed by atoms with van der Waals surface area (Å²) in [5.74, 6) is 0.120. The van der Waals surface area contributed by atoms with Gasteiger partial charge in [0.2, 0.25) is 0 Å². The molecule has 9 heteroatoms. The quantitative estimate of drug-likeness (QED) is 0.275. The maximum Gasteiger partial charge on any atom is 0.348 e. The van der Waals surface area contributed by atoms with Gasteiger partial charge < -0.3 is 9.26 Å². The van der Waals surface area contributed by atoms with Gasteiger partial charge in [-0.25, -0.2) is 4.79 Å². The lowest BCUT2D eigenvalue weighted by Gasteiger charge is -1.98. The monoisotopic (exact) mass is 386 g/mol. The number of thiophene rings is 2. The molecule has 0 unspecified atom stereocenters. The number of nitrogens with zero attached hydrogens (tertiary/aromatic N) is 2. The molecule has 4 rings (SSSR count). The summed E-state index contributed by atoms with van der Waals surface area (Å²) in [6, 6.07) is 11.6. The lowest BCUT2D eigenvalue weighted by molar-refractivity contribution is -0.384. The molecule has 0 saturated heterocycles. The summed E-state index contributed by atoms with van der Waals surface area (Å²) in [5.41, 5.74) is 0.498. The van der Waals surface area contributed by atoms with E-state index in [0.717, 1.165) is 9.58 Å². The Morgan fingerprint density at radius 3 is 2.92 bits per heavy atom. The zero-order valence-corrected chi connectivity index (χ0v) is 14.7. The molecule has 7 nitrogen and oxygen atoms in total. The molecule has 0 spiro atoms. The summed E-state index contributed by atoms with van der Waals surface area (Å²) < 4.78 is 11.3. The maximum absolute atomic E-state index is 12.2. The smallest absolute Gasteiger partial charge is 0.348 e. The van der Waals surface area contributed by atoms with Crippen LogP contribution in [-0.4, -0.2) is 16.0 Å². The fourth-order valence-corrected chi connectivity index (χ4v) is 3.98. The molecule has 0 N–H and O–H groups in total. The Morgan fingerprint density at radius 2 is 2.15 bits per heavy atom. The first-order chi connectivity index (χ1) is 12.6. The first-order valence-electron chi connectivity index (χ1n) is 7.45. The van der Waals surface area contributed by atoms with Crippen LogP contribution in [0.1, 0.15) is 15.4 Å². The number of nitro groups is 1. The Labute approximate surface area is 154 Å². The zero-order valence-electron chi connectivity index (χ0n) is 13.1. The largest absolute Gasteiger partial charge is 0.455 e. The molecular formula is C17H10N2O5S2. The first-order valence-corrected chi connectivity index (χ1v) is 9.14. The Bertz CT molecular complexity index is 1100. The number of carbonyl (C=O) groups is 1. The lowest BCUT2D eigenvalue weighted by Crippen LogP contribution is -2.03. The minimum atomic E-state index is -0.505. The van der Waals surface area contributed by atoms with Crippen molar-refractivity contribution in [3.63, 3.8) is 0 Å². The van der Waals surface area contributed by atoms with Crippen LogP contribution in [0.3, 0.4) is 0 Å². The summed E-state index contributed by atoms with van der Waals surface area (Å²) >= 11 is 2.75. The van der Waals surface area contributed by atoms with Gasteiger partial charge in [0.1, 0.15) is 17.2 Å². The second-order valence-corrected chi connectivity index (χ2v) is 7.36. The summed E-state index contributed by atoms with van der Waals surface area (Å²) in [6.45, 7) is -0.0118. The molecule has 130 valence electrons. The highest BCUT2D eigenvalue weighted by Gasteiger charge is 2.16. The van der Waals surface area contributed by atoms with Crippen molar-refractivity contribution in [2.75, 3.05) is 0 Å². The van der Waals surface area contributed by atoms with Gasteiger partial charge in [-0.1, -0.05) is 11.2 Å². The van der Waals surface area contributed by atoms with Crippen LogP contribution in [0.2, 0.25) is 0 Å². The molecular weight excluding hydrogens is 376 g/mol. The Kier molecular flexibility index (Phi) is 4.23. The molecule has 26 heavy (non-hydrogen) atoms. The van der Waals surface area contributed by atoms with Gasteiger partial charge in [0.15, 0.2) is 5.76 Å². The first kappa shape index (κ1) is 16.4. The number of rotatable bonds is 5. The number of carbonyl (C=O) groups excluding carboxylic acids is 1. The van der Waals surface area contributed by atoms with E-state index in [1.165, 1.54) is 34.8 Å². The lowest BCUT2D eigenvalue weighted by atomic mass is 10.2. The molecule has 0 aliphatic rings. The molecule has 1 aromatic carbocycles. The topological polar surface area (TPSA) is 95.5 Å². The van der Waals surface area contributed by atoms with Crippen molar-refractivity contribution in [3.05, 3.63) is 68.5 Å². The zero-order chi connectivity index (χ0) is 18.1. The van der Waals surface area contributed by atoms with E-state index in [-0.39, 0.29) is 12.3 Å². The third-order valence-corrected chi connectivity index (χ3v) is 5.57. The summed E-state index contributed by atoms with van der Waals surface area (Å²) in [6.07, 6.45) is 0. The summed E-state index contributed by atoms with van der Waals surface area (Å²) in [7, 11) is 0. The van der Waals surface area contributed by atoms with E-state index in [2.05, 4.69) is 5.16 Å². The number of benzene rings is 1. The SMILES string of the molecule is O=C(OCc1cc(-c2cccs2)on1)c1cc2cc([N+](=O)[O-])ccc2s1. The van der Waals surface area contributed by atoms with Crippen LogP contribution in [0, 0.1) is 10.1 Å². The molecule has 3 heterocycles. The number of hydrogen-bond acceptors (Lipinski definition) is 8. The van der Waals surface area contributed by atoms with Gasteiger partial charge >= 0.3 is 5.97 Å². The number of aromatic nitrogens is 1. The number of ether oxygens (including phenoxy) is 1. The van der Waals surface area contributed by atoms with E-state index in [1.54, 1.807) is 18.2 Å². The van der Waals surface area contributed by atoms with Crippen molar-refractivity contribution in [1.82, 2.24) is 5.16 Å². The van der Waals surface area contributed by atoms with Crippen LogP contribution in [0.5, 0.6) is 0 Å². The van der Waals surface area contributed by atoms with Gasteiger partial charge in [-0.2, -0.15) is 0 Å². The van der Waals surface area contributed by atoms with Gasteiger partial charge in [0.05, 0.1) is 9.80 Å². The van der Waals surface area contributed by atoms with Crippen LogP contribution in [0.25, 0.3) is 20.7 Å². The van der Waals surface area contributed by atoms with Crippen molar-refractivity contribution in [3.8, 4) is 10.6 Å². The van der Waals surface area contributed by atoms with Crippen LogP contribution < -0.4 is 0 Å². The highest BCUT2D eigenvalue weighted by molar-refractivity contribution is 7.20. The molecule has 0 fully saturated rings. The van der Waals surface area contributed by atoms with E-state index in [0.29, 0.717) is 21.7 Å². The maximum atomic E-state index is 12.2. The predicted molar refractivity (Wildman–Crippen MR) is 97.4 cm³/mol. The summed E-state index contributed by atoms with van der Waals surface area (Å²) in [5, 5.41) is 17.3. The van der Waals surface area contributed by atoms with E-state index in [4.69, 9.17) is 9.26 Å². The molecule has 0 radical (unpaired) electrons. The van der Waals surface area contributed by atoms with E-state index in [9.17, 15) is 14.9 Å². The predicted octanol–water partition coefficient (Wildman–Crippen LogP) is 4.88. The second kappa shape index (κ2) is 6.70. The van der Waals surface area contributed by atoms with Crippen molar-refractivity contribution in [1.29, 1.82) is 0 Å². The van der Waals surface area contributed by atoms with Gasteiger partial charge in [0, 0.05) is 28.3 Å². The van der Waals surface area contributed by atoms with E-state index in [1.807, 2.05) is 17.5 Å². The van der Waals surface area contributed by atoms with Gasteiger partial charge in [0.25, 0.3) is 5.69 Å². The van der Waals surface area contributed by atoms with Crippen molar-refractivity contribution >= 4 is 44.4 Å². The summed E-state index contributed by atoms with van der Waals surface area (Å²) in [4.78, 5) is 23.9. The van der Waals surface area contributed by atoms with E-state index >= 15 is 0 Å². The number of fused-ring (bicyclic) bond motifs is 1.